The number of benzene rings is 2. The number of hydrogen-bond donors (Lipinski definition) is 2. The lowest BCUT2D eigenvalue weighted by Gasteiger charge is -2.36. The predicted octanol–water partition coefficient (Wildman–Crippen LogP) is 4.56. The lowest BCUT2D eigenvalue weighted by Crippen LogP contribution is -2.43. The zero-order valence-electron chi connectivity index (χ0n) is 23.8. The second-order valence-corrected chi connectivity index (χ2v) is 11.3. The first-order valence-electron chi connectivity index (χ1n) is 14.7. The van der Waals surface area contributed by atoms with Crippen LogP contribution in [0.3, 0.4) is 0 Å². The van der Waals surface area contributed by atoms with Gasteiger partial charge in [0.05, 0.1) is 5.52 Å². The molecular formula is C32H36N8O2. The number of para-hydroxylation sites is 1. The van der Waals surface area contributed by atoms with Gasteiger partial charge in [-0.3, -0.25) is 9.59 Å². The molecule has 2 fully saturated rings. The zero-order valence-corrected chi connectivity index (χ0v) is 23.8. The van der Waals surface area contributed by atoms with Crippen LogP contribution in [0.25, 0.3) is 22.0 Å². The highest BCUT2D eigenvalue weighted by Crippen LogP contribution is 2.31. The Labute approximate surface area is 245 Å². The number of nitrogens with two attached hydrogens (primary N) is 1. The molecule has 1 aliphatic carbocycles. The minimum atomic E-state index is -0.227. The van der Waals surface area contributed by atoms with Gasteiger partial charge in [0.1, 0.15) is 0 Å². The van der Waals surface area contributed by atoms with Crippen LogP contribution in [0.2, 0.25) is 0 Å². The summed E-state index contributed by atoms with van der Waals surface area (Å²) in [6, 6.07) is 16.4. The van der Waals surface area contributed by atoms with Gasteiger partial charge in [0.2, 0.25) is 23.7 Å². The Bertz CT molecular complexity index is 1540. The summed E-state index contributed by atoms with van der Waals surface area (Å²) in [7, 11) is 0. The second-order valence-electron chi connectivity index (χ2n) is 11.3. The number of aromatic nitrogens is 4. The Morgan fingerprint density at radius 3 is 2.21 bits per heavy atom. The highest BCUT2D eigenvalue weighted by atomic mass is 16.2. The Balaban J connectivity index is 1.06. The minimum absolute atomic E-state index is 0.0461. The standard InChI is InChI=1S/C32H36N8O2/c1-21(41)40(28-12-8-26(9-13-28)37-31-34-18-24-4-2-3-5-29(24)38-31)27-10-6-22(7-11-27)25-19-35-32(36-20-25)39-16-14-23(15-17-39)30(33)42/h2-7,10-11,18-20,23,26,28H,8-9,12-17H2,1H3,(H2,33,42)(H,34,37,38). The summed E-state index contributed by atoms with van der Waals surface area (Å²) in [6.07, 6.45) is 10.6. The Hall–Kier alpha value is -4.60. The van der Waals surface area contributed by atoms with E-state index in [-0.39, 0.29) is 29.8 Å². The van der Waals surface area contributed by atoms with Gasteiger partial charge in [0.15, 0.2) is 0 Å². The molecule has 3 N–H and O–H groups in total. The molecule has 1 saturated heterocycles. The van der Waals surface area contributed by atoms with Crippen molar-refractivity contribution in [2.75, 3.05) is 28.2 Å². The van der Waals surface area contributed by atoms with Crippen molar-refractivity contribution in [2.45, 2.75) is 57.5 Å². The van der Waals surface area contributed by atoms with Crippen LogP contribution < -0.4 is 20.9 Å². The van der Waals surface area contributed by atoms with E-state index >= 15 is 0 Å². The topological polar surface area (TPSA) is 130 Å². The summed E-state index contributed by atoms with van der Waals surface area (Å²) in [5.74, 6) is 1.07. The number of carbonyl (C=O) groups is 2. The average molecular weight is 565 g/mol. The number of fused-ring (bicyclic) bond motifs is 1. The van der Waals surface area contributed by atoms with E-state index in [1.165, 1.54) is 0 Å². The smallest absolute Gasteiger partial charge is 0.225 e. The first kappa shape index (κ1) is 27.6. The molecule has 10 nitrogen and oxygen atoms in total. The van der Waals surface area contributed by atoms with Gasteiger partial charge >= 0.3 is 0 Å². The fourth-order valence-electron chi connectivity index (χ4n) is 6.16. The molecule has 42 heavy (non-hydrogen) atoms. The largest absolute Gasteiger partial charge is 0.369 e. The van der Waals surface area contributed by atoms with E-state index < -0.39 is 0 Å². The van der Waals surface area contributed by atoms with Crippen LogP contribution in [0.1, 0.15) is 45.4 Å². The van der Waals surface area contributed by atoms with E-state index in [4.69, 9.17) is 5.73 Å². The maximum absolute atomic E-state index is 12.8. The molecule has 216 valence electrons. The van der Waals surface area contributed by atoms with Crippen molar-refractivity contribution in [3.63, 3.8) is 0 Å². The van der Waals surface area contributed by atoms with Gasteiger partial charge < -0.3 is 20.9 Å². The summed E-state index contributed by atoms with van der Waals surface area (Å²) in [4.78, 5) is 46.6. The quantitative estimate of drug-likeness (QED) is 0.334. The van der Waals surface area contributed by atoms with Crippen LogP contribution in [-0.2, 0) is 9.59 Å². The number of carbonyl (C=O) groups excluding carboxylic acids is 2. The molecule has 3 heterocycles. The molecule has 10 heteroatoms. The molecule has 0 unspecified atom stereocenters. The van der Waals surface area contributed by atoms with Gasteiger partial charge in [-0.05, 0) is 62.3 Å². The minimum Gasteiger partial charge on any atom is -0.369 e. The maximum atomic E-state index is 12.8. The van der Waals surface area contributed by atoms with Crippen molar-refractivity contribution in [1.29, 1.82) is 0 Å². The average Bonchev–Trinajstić information content (AvgIpc) is 3.02. The number of rotatable bonds is 7. The van der Waals surface area contributed by atoms with Crippen molar-refractivity contribution in [2.24, 2.45) is 11.7 Å². The van der Waals surface area contributed by atoms with Gasteiger partial charge in [-0.1, -0.05) is 30.3 Å². The normalized spacial score (nSPS) is 19.4. The van der Waals surface area contributed by atoms with Crippen LogP contribution in [0, 0.1) is 5.92 Å². The van der Waals surface area contributed by atoms with E-state index in [2.05, 4.69) is 30.2 Å². The molecule has 6 rings (SSSR count). The third-order valence-corrected chi connectivity index (χ3v) is 8.52. The van der Waals surface area contributed by atoms with Crippen molar-refractivity contribution < 1.29 is 9.59 Å². The highest BCUT2D eigenvalue weighted by Gasteiger charge is 2.29. The van der Waals surface area contributed by atoms with Crippen molar-refractivity contribution >= 4 is 40.3 Å². The number of anilines is 3. The molecule has 1 aliphatic heterocycles. The number of nitrogens with one attached hydrogen (secondary N) is 1. The Kier molecular flexibility index (Phi) is 7.94. The molecule has 2 aromatic heterocycles. The van der Waals surface area contributed by atoms with Crippen molar-refractivity contribution in [3.05, 3.63) is 67.1 Å². The lowest BCUT2D eigenvalue weighted by molar-refractivity contribution is -0.122. The van der Waals surface area contributed by atoms with Crippen molar-refractivity contribution in [1.82, 2.24) is 19.9 Å². The summed E-state index contributed by atoms with van der Waals surface area (Å²) in [5.41, 5.74) is 9.18. The molecule has 0 bridgehead atoms. The highest BCUT2D eigenvalue weighted by molar-refractivity contribution is 5.92. The summed E-state index contributed by atoms with van der Waals surface area (Å²) >= 11 is 0. The third kappa shape index (κ3) is 6.02. The summed E-state index contributed by atoms with van der Waals surface area (Å²) < 4.78 is 0. The van der Waals surface area contributed by atoms with Gasteiger partial charge in [-0.25, -0.2) is 19.9 Å². The lowest BCUT2D eigenvalue weighted by atomic mass is 9.89. The number of nitrogens with zero attached hydrogens (tertiary/aromatic N) is 6. The SMILES string of the molecule is CC(=O)N(c1ccc(-c2cnc(N3CCC(C(N)=O)CC3)nc2)cc1)C1CCC(Nc2ncc3ccccc3n2)CC1. The first-order chi connectivity index (χ1) is 20.4. The molecule has 1 saturated carbocycles. The number of amides is 2. The number of piperidine rings is 1. The predicted molar refractivity (Wildman–Crippen MR) is 164 cm³/mol. The number of primary amides is 1. The Morgan fingerprint density at radius 2 is 1.55 bits per heavy atom. The monoisotopic (exact) mass is 564 g/mol. The molecule has 2 aromatic carbocycles. The van der Waals surface area contributed by atoms with Crippen molar-refractivity contribution in [3.8, 4) is 11.1 Å². The molecule has 4 aromatic rings. The van der Waals surface area contributed by atoms with Gasteiger partial charge in [0.25, 0.3) is 0 Å². The van der Waals surface area contributed by atoms with E-state index in [0.717, 1.165) is 79.3 Å². The second kappa shape index (κ2) is 12.1. The van der Waals surface area contributed by atoms with E-state index in [1.54, 1.807) is 6.92 Å². The molecule has 0 atom stereocenters. The van der Waals surface area contributed by atoms with Gasteiger partial charge in [-0.2, -0.15) is 0 Å². The van der Waals surface area contributed by atoms with Crippen LogP contribution in [-0.4, -0.2) is 56.9 Å². The fourth-order valence-corrected chi connectivity index (χ4v) is 6.16. The zero-order chi connectivity index (χ0) is 29.1. The van der Waals surface area contributed by atoms with E-state index in [1.807, 2.05) is 72.0 Å². The molecule has 2 amide bonds. The van der Waals surface area contributed by atoms with E-state index in [0.29, 0.717) is 11.9 Å². The molecule has 0 spiro atoms. The van der Waals surface area contributed by atoms with Crippen LogP contribution in [0.5, 0.6) is 0 Å². The van der Waals surface area contributed by atoms with E-state index in [9.17, 15) is 9.59 Å². The van der Waals surface area contributed by atoms with Gasteiger partial charge in [0, 0.05) is 73.2 Å². The van der Waals surface area contributed by atoms with Gasteiger partial charge in [-0.15, -0.1) is 0 Å². The molecular weight excluding hydrogens is 528 g/mol. The van der Waals surface area contributed by atoms with Crippen LogP contribution in [0.15, 0.2) is 67.1 Å². The van der Waals surface area contributed by atoms with Crippen LogP contribution in [0.4, 0.5) is 17.6 Å². The first-order valence-corrected chi connectivity index (χ1v) is 14.7. The van der Waals surface area contributed by atoms with Crippen LogP contribution >= 0.6 is 0 Å². The summed E-state index contributed by atoms with van der Waals surface area (Å²) in [5, 5.41) is 4.52. The fraction of sp³-hybridized carbons (Fsp3) is 0.375. The molecule has 0 radical (unpaired) electrons. The maximum Gasteiger partial charge on any atom is 0.225 e. The third-order valence-electron chi connectivity index (χ3n) is 8.52. The number of hydrogen-bond acceptors (Lipinski definition) is 8. The summed E-state index contributed by atoms with van der Waals surface area (Å²) in [6.45, 7) is 3.08. The molecule has 2 aliphatic rings. The Morgan fingerprint density at radius 1 is 0.857 bits per heavy atom.